The summed E-state index contributed by atoms with van der Waals surface area (Å²) >= 11 is 1.43. The zero-order chi connectivity index (χ0) is 14.6. The number of hydrogen-bond donors (Lipinski definition) is 2. The van der Waals surface area contributed by atoms with Crippen LogP contribution in [0.25, 0.3) is 0 Å². The molecule has 5 nitrogen and oxygen atoms in total. The van der Waals surface area contributed by atoms with Crippen molar-refractivity contribution < 1.29 is 8.42 Å². The van der Waals surface area contributed by atoms with Gasteiger partial charge in [0.2, 0.25) is 10.0 Å². The Labute approximate surface area is 123 Å². The van der Waals surface area contributed by atoms with Crippen molar-refractivity contribution in [2.75, 3.05) is 11.9 Å². The molecule has 0 radical (unpaired) electrons. The van der Waals surface area contributed by atoms with Crippen LogP contribution in [0.3, 0.4) is 0 Å². The Balaban J connectivity index is 2.27. The van der Waals surface area contributed by atoms with Gasteiger partial charge in [0.15, 0.2) is 0 Å². The third kappa shape index (κ3) is 3.36. The largest absolute Gasteiger partial charge is 0.384 e. The molecule has 1 aromatic carbocycles. The summed E-state index contributed by atoms with van der Waals surface area (Å²) in [7, 11) is -3.58. The van der Waals surface area contributed by atoms with E-state index in [4.69, 9.17) is 0 Å². The van der Waals surface area contributed by atoms with E-state index in [9.17, 15) is 8.42 Å². The second kappa shape index (κ2) is 6.34. The van der Waals surface area contributed by atoms with Gasteiger partial charge in [-0.3, -0.25) is 0 Å². The number of rotatable bonds is 6. The molecule has 1 heterocycles. The first-order valence-corrected chi connectivity index (χ1v) is 8.65. The Morgan fingerprint density at radius 2 is 2.10 bits per heavy atom. The predicted octanol–water partition coefficient (Wildman–Crippen LogP) is 2.61. The van der Waals surface area contributed by atoms with Gasteiger partial charge in [-0.25, -0.2) is 18.1 Å². The number of thiazole rings is 1. The van der Waals surface area contributed by atoms with Crippen molar-refractivity contribution in [3.05, 3.63) is 40.8 Å². The normalized spacial score (nSPS) is 13.1. The molecule has 1 unspecified atom stereocenters. The average molecular weight is 311 g/mol. The van der Waals surface area contributed by atoms with E-state index in [2.05, 4.69) is 15.0 Å². The van der Waals surface area contributed by atoms with Gasteiger partial charge in [-0.2, -0.15) is 0 Å². The summed E-state index contributed by atoms with van der Waals surface area (Å²) < 4.78 is 27.6. The van der Waals surface area contributed by atoms with Crippen molar-refractivity contribution in [3.8, 4) is 0 Å². The first-order chi connectivity index (χ1) is 9.54. The van der Waals surface area contributed by atoms with E-state index in [0.29, 0.717) is 12.2 Å². The van der Waals surface area contributed by atoms with E-state index in [0.717, 1.165) is 5.01 Å². The lowest BCUT2D eigenvalue weighted by Gasteiger charge is -2.15. The Bertz CT molecular complexity index is 654. The van der Waals surface area contributed by atoms with Gasteiger partial charge >= 0.3 is 0 Å². The van der Waals surface area contributed by atoms with Crippen molar-refractivity contribution in [2.45, 2.75) is 24.8 Å². The molecule has 0 bridgehead atoms. The second-order valence-electron chi connectivity index (χ2n) is 4.24. The van der Waals surface area contributed by atoms with Gasteiger partial charge in [-0.1, -0.05) is 12.1 Å². The Morgan fingerprint density at radius 1 is 1.35 bits per heavy atom. The number of benzene rings is 1. The molecule has 0 fully saturated rings. The lowest BCUT2D eigenvalue weighted by atomic mass is 10.3. The van der Waals surface area contributed by atoms with Crippen LogP contribution < -0.4 is 10.0 Å². The highest BCUT2D eigenvalue weighted by molar-refractivity contribution is 7.89. The molecule has 2 N–H and O–H groups in total. The van der Waals surface area contributed by atoms with Gasteiger partial charge in [-0.05, 0) is 26.0 Å². The first-order valence-electron chi connectivity index (χ1n) is 6.29. The number of para-hydroxylation sites is 1. The summed E-state index contributed by atoms with van der Waals surface area (Å²) in [6, 6.07) is 6.51. The third-order valence-corrected chi connectivity index (χ3v) is 5.25. The number of sulfonamides is 1. The van der Waals surface area contributed by atoms with E-state index in [1.165, 1.54) is 11.3 Å². The molecule has 20 heavy (non-hydrogen) atoms. The minimum absolute atomic E-state index is 0.255. The molecule has 0 saturated carbocycles. The maximum atomic E-state index is 12.5. The maximum Gasteiger partial charge on any atom is 0.243 e. The van der Waals surface area contributed by atoms with Crippen molar-refractivity contribution in [1.82, 2.24) is 9.71 Å². The number of nitrogens with zero attached hydrogens (tertiary/aromatic N) is 1. The molecule has 2 aromatic rings. The second-order valence-corrected chi connectivity index (χ2v) is 6.85. The van der Waals surface area contributed by atoms with Gasteiger partial charge < -0.3 is 5.32 Å². The maximum absolute atomic E-state index is 12.5. The highest BCUT2D eigenvalue weighted by atomic mass is 32.2. The monoisotopic (exact) mass is 311 g/mol. The number of nitrogens with one attached hydrogen (secondary N) is 2. The molecule has 7 heteroatoms. The van der Waals surface area contributed by atoms with Crippen LogP contribution in [0.2, 0.25) is 0 Å². The molecule has 0 aliphatic heterocycles. The summed E-state index contributed by atoms with van der Waals surface area (Å²) in [4.78, 5) is 4.38. The van der Waals surface area contributed by atoms with Gasteiger partial charge in [-0.15, -0.1) is 11.3 Å². The molecule has 1 atom stereocenters. The van der Waals surface area contributed by atoms with Gasteiger partial charge in [0.1, 0.15) is 9.90 Å². The molecule has 2 rings (SSSR count). The smallest absolute Gasteiger partial charge is 0.243 e. The van der Waals surface area contributed by atoms with E-state index >= 15 is 0 Å². The van der Waals surface area contributed by atoms with Gasteiger partial charge in [0, 0.05) is 18.1 Å². The fraction of sp³-hybridized carbons (Fsp3) is 0.308. The van der Waals surface area contributed by atoms with Gasteiger partial charge in [0.25, 0.3) is 0 Å². The minimum atomic E-state index is -3.58. The van der Waals surface area contributed by atoms with Crippen LogP contribution in [0.5, 0.6) is 0 Å². The van der Waals surface area contributed by atoms with Crippen molar-refractivity contribution >= 4 is 27.0 Å². The van der Waals surface area contributed by atoms with Crippen LogP contribution >= 0.6 is 11.3 Å². The summed E-state index contributed by atoms with van der Waals surface area (Å²) in [6.45, 7) is 4.37. The van der Waals surface area contributed by atoms with Crippen LogP contribution in [0.1, 0.15) is 24.9 Å². The zero-order valence-corrected chi connectivity index (χ0v) is 13.0. The fourth-order valence-electron chi connectivity index (χ4n) is 1.83. The number of hydrogen-bond acceptors (Lipinski definition) is 5. The Kier molecular flexibility index (Phi) is 4.74. The lowest BCUT2D eigenvalue weighted by molar-refractivity contribution is 0.566. The third-order valence-electron chi connectivity index (χ3n) is 2.70. The van der Waals surface area contributed by atoms with Crippen LogP contribution in [-0.4, -0.2) is 19.9 Å². The van der Waals surface area contributed by atoms with Crippen LogP contribution in [-0.2, 0) is 10.0 Å². The van der Waals surface area contributed by atoms with Crippen molar-refractivity contribution in [3.63, 3.8) is 0 Å². The summed E-state index contributed by atoms with van der Waals surface area (Å²) in [5.41, 5.74) is 0.605. The molecular weight excluding hydrogens is 294 g/mol. The first kappa shape index (κ1) is 15.0. The summed E-state index contributed by atoms with van der Waals surface area (Å²) in [6.07, 6.45) is 1.66. The molecule has 108 valence electrons. The highest BCUT2D eigenvalue weighted by Gasteiger charge is 2.22. The van der Waals surface area contributed by atoms with Crippen LogP contribution in [0.4, 0.5) is 5.69 Å². The minimum Gasteiger partial charge on any atom is -0.384 e. The number of anilines is 1. The standard InChI is InChI=1S/C13H17N3O2S2/c1-3-14-11-6-4-5-7-12(11)20(17,18)16-10(2)13-15-8-9-19-13/h4-10,14,16H,3H2,1-2H3. The van der Waals surface area contributed by atoms with E-state index < -0.39 is 10.0 Å². The fourth-order valence-corrected chi connectivity index (χ4v) is 3.94. The Morgan fingerprint density at radius 3 is 2.75 bits per heavy atom. The molecule has 0 aliphatic rings. The summed E-state index contributed by atoms with van der Waals surface area (Å²) in [5, 5.41) is 5.63. The quantitative estimate of drug-likeness (QED) is 0.860. The SMILES string of the molecule is CCNc1ccccc1S(=O)(=O)NC(C)c1nccs1. The molecule has 1 aromatic heterocycles. The van der Waals surface area contributed by atoms with Crippen molar-refractivity contribution in [2.24, 2.45) is 0 Å². The Hall–Kier alpha value is -1.44. The summed E-state index contributed by atoms with van der Waals surface area (Å²) in [5.74, 6) is 0. The van der Waals surface area contributed by atoms with E-state index in [-0.39, 0.29) is 10.9 Å². The van der Waals surface area contributed by atoms with E-state index in [1.807, 2.05) is 12.3 Å². The van der Waals surface area contributed by atoms with Crippen LogP contribution in [0, 0.1) is 0 Å². The molecule has 0 amide bonds. The lowest BCUT2D eigenvalue weighted by Crippen LogP contribution is -2.27. The van der Waals surface area contributed by atoms with Gasteiger partial charge in [0.05, 0.1) is 11.7 Å². The zero-order valence-electron chi connectivity index (χ0n) is 11.3. The molecule has 0 aliphatic carbocycles. The predicted molar refractivity (Wildman–Crippen MR) is 81.5 cm³/mol. The average Bonchev–Trinajstić information content (AvgIpc) is 2.93. The highest BCUT2D eigenvalue weighted by Crippen LogP contribution is 2.23. The number of aromatic nitrogens is 1. The van der Waals surface area contributed by atoms with E-state index in [1.54, 1.807) is 37.4 Å². The molecule has 0 saturated heterocycles. The topological polar surface area (TPSA) is 71.1 Å². The molecule has 0 spiro atoms. The molecular formula is C13H17N3O2S2. The van der Waals surface area contributed by atoms with Crippen molar-refractivity contribution in [1.29, 1.82) is 0 Å². The van der Waals surface area contributed by atoms with Crippen LogP contribution in [0.15, 0.2) is 40.7 Å².